The lowest BCUT2D eigenvalue weighted by Gasteiger charge is -2.45. The zero-order valence-electron chi connectivity index (χ0n) is 63.4. The molecular weight excluding hydrogens is 1290 g/mol. The number of rotatable bonds is 11. The molecule has 0 aromatic carbocycles. The van der Waals surface area contributed by atoms with Crippen molar-refractivity contribution >= 4 is 70.9 Å². The Kier molecular flexibility index (Phi) is 27.2. The first-order valence-corrected chi connectivity index (χ1v) is 39.2. The summed E-state index contributed by atoms with van der Waals surface area (Å²) in [6.07, 6.45) is 18.4. The number of piperidine rings is 1. The van der Waals surface area contributed by atoms with Crippen molar-refractivity contribution in [3.05, 3.63) is 0 Å². The van der Waals surface area contributed by atoms with Gasteiger partial charge in [0.25, 0.3) is 0 Å². The topological polar surface area (TPSA) is 273 Å². The molecular formula is C76H125N13O12. The molecule has 566 valence electrons. The second-order valence-electron chi connectivity index (χ2n) is 32.8. The molecule has 101 heavy (non-hydrogen) atoms. The number of carbonyl (C=O) groups excluding carboxylic acids is 12. The summed E-state index contributed by atoms with van der Waals surface area (Å²) < 4.78 is 0. The third-order valence-electron chi connectivity index (χ3n) is 25.7. The Bertz CT molecular complexity index is 2980. The van der Waals surface area contributed by atoms with Gasteiger partial charge in [-0.05, 0) is 172 Å². The van der Waals surface area contributed by atoms with Crippen molar-refractivity contribution in [2.24, 2.45) is 35.5 Å². The zero-order chi connectivity index (χ0) is 73.3. The molecule has 9 rings (SSSR count). The Morgan fingerprint density at radius 3 is 1.83 bits per heavy atom. The number of amides is 12. The van der Waals surface area contributed by atoms with Crippen molar-refractivity contribution in [2.45, 2.75) is 287 Å². The van der Waals surface area contributed by atoms with Crippen molar-refractivity contribution in [2.75, 3.05) is 88.6 Å². The molecule has 4 aliphatic carbocycles. The summed E-state index contributed by atoms with van der Waals surface area (Å²) in [5, 5.41) is 9.27. The Morgan fingerprint density at radius 1 is 0.535 bits per heavy atom. The van der Waals surface area contributed by atoms with Crippen LogP contribution in [0.25, 0.3) is 0 Å². The second kappa shape index (κ2) is 34.9. The number of hydrogen-bond donors (Lipinski definition) is 3. The van der Waals surface area contributed by atoms with E-state index in [0.29, 0.717) is 102 Å². The average Bonchev–Trinajstić information content (AvgIpc) is 1.76. The zero-order valence-corrected chi connectivity index (χ0v) is 63.4. The third kappa shape index (κ3) is 18.0. The van der Waals surface area contributed by atoms with E-state index in [0.717, 1.165) is 96.4 Å². The predicted octanol–water partition coefficient (Wildman–Crippen LogP) is 5.16. The normalized spacial score (nSPS) is 32.3. The van der Waals surface area contributed by atoms with Gasteiger partial charge < -0.3 is 64.9 Å². The number of hydrogen-bond acceptors (Lipinski definition) is 13. The van der Waals surface area contributed by atoms with Gasteiger partial charge in [0.2, 0.25) is 70.9 Å². The fourth-order valence-corrected chi connectivity index (χ4v) is 18.8. The van der Waals surface area contributed by atoms with E-state index in [4.69, 9.17) is 0 Å². The molecule has 3 unspecified atom stereocenters. The largest absolute Gasteiger partial charge is 0.343 e. The summed E-state index contributed by atoms with van der Waals surface area (Å²) >= 11 is 0. The summed E-state index contributed by atoms with van der Waals surface area (Å²) in [7, 11) is 11.4. The van der Waals surface area contributed by atoms with E-state index in [1.807, 2.05) is 27.7 Å². The van der Waals surface area contributed by atoms with Crippen molar-refractivity contribution in [1.82, 2.24) is 64.9 Å². The fourth-order valence-electron chi connectivity index (χ4n) is 18.8. The van der Waals surface area contributed by atoms with Gasteiger partial charge >= 0.3 is 0 Å². The van der Waals surface area contributed by atoms with E-state index in [2.05, 4.69) is 27.9 Å². The van der Waals surface area contributed by atoms with E-state index < -0.39 is 150 Å². The van der Waals surface area contributed by atoms with Gasteiger partial charge in [-0.25, -0.2) is 0 Å². The molecule has 13 atom stereocenters. The standard InChI is InChI=1S/C76H125N13O12/c1-13-49(4)64-73(99)82(8)50(5)68(94)89-42-35-58(89)71(97)84(10)60(45-51-25-16-14-17-26-51)70(96)81(7)47-62(90)77-55(32-30-52-31-33-56-54(44-52)34-41-80(56)6)69(95)88-40-24-29-57(88)67(93)79-76(36-20-21-37-76)75(101)86(12)65(53-27-18-19-28-53)74(100)85(11)61(72(98)87-38-22-15-23-39-87)46-63(91)83(9)59(43-48(2)3)66(92)78-64/h48-61,64-65H,13-47H2,1-12H3,(H,77,90)(H,78,92)(H,79,93)/t49-,50-,52?,54?,55-,56?,57-,58-,59-,60-,61-,64-,65-/m0/s1. The van der Waals surface area contributed by atoms with Crippen LogP contribution in [0.3, 0.4) is 0 Å². The Hall–Kier alpha value is -6.40. The van der Waals surface area contributed by atoms with Crippen molar-refractivity contribution in [1.29, 1.82) is 0 Å². The highest BCUT2D eigenvalue weighted by Gasteiger charge is 2.53. The van der Waals surface area contributed by atoms with Gasteiger partial charge in [-0.15, -0.1) is 0 Å². The number of nitrogens with zero attached hydrogens (tertiary/aromatic N) is 10. The van der Waals surface area contributed by atoms with Gasteiger partial charge in [0.1, 0.15) is 59.9 Å². The van der Waals surface area contributed by atoms with Gasteiger partial charge in [0.05, 0.1) is 13.0 Å². The van der Waals surface area contributed by atoms with Gasteiger partial charge in [0.15, 0.2) is 0 Å². The van der Waals surface area contributed by atoms with Gasteiger partial charge in [-0.1, -0.05) is 91.9 Å². The van der Waals surface area contributed by atoms with Gasteiger partial charge in [-0.2, -0.15) is 0 Å². The van der Waals surface area contributed by atoms with Crippen LogP contribution in [0.4, 0.5) is 0 Å². The fraction of sp³-hybridized carbons (Fsp3) is 0.842. The minimum Gasteiger partial charge on any atom is -0.343 e. The number of fused-ring (bicyclic) bond motifs is 3. The van der Waals surface area contributed by atoms with Crippen LogP contribution >= 0.6 is 0 Å². The number of likely N-dealkylation sites (N-methyl/N-ethyl adjacent to an activating group) is 6. The van der Waals surface area contributed by atoms with E-state index in [9.17, 15) is 19.2 Å². The molecule has 1 spiro atoms. The highest BCUT2D eigenvalue weighted by atomic mass is 16.2. The lowest BCUT2D eigenvalue weighted by molar-refractivity contribution is -0.160. The molecule has 9 fully saturated rings. The van der Waals surface area contributed by atoms with Crippen LogP contribution in [0.2, 0.25) is 0 Å². The maximum atomic E-state index is 15.8. The number of nitrogens with one attached hydrogen (secondary N) is 3. The van der Waals surface area contributed by atoms with Crippen LogP contribution in [0.5, 0.6) is 0 Å². The van der Waals surface area contributed by atoms with E-state index in [1.165, 1.54) is 62.5 Å². The molecule has 5 aliphatic heterocycles. The third-order valence-corrected chi connectivity index (χ3v) is 25.7. The summed E-state index contributed by atoms with van der Waals surface area (Å²) in [6.45, 7) is 11.0. The Morgan fingerprint density at radius 2 is 1.19 bits per heavy atom. The first-order valence-electron chi connectivity index (χ1n) is 39.2. The molecule has 0 aromatic rings. The van der Waals surface area contributed by atoms with Crippen LogP contribution in [0, 0.1) is 35.5 Å². The van der Waals surface area contributed by atoms with Crippen molar-refractivity contribution in [3.63, 3.8) is 0 Å². The molecule has 5 saturated heterocycles. The molecule has 0 radical (unpaired) electrons. The molecule has 0 bridgehead atoms. The average molecular weight is 1410 g/mol. The molecule has 25 nitrogen and oxygen atoms in total. The molecule has 3 N–H and O–H groups in total. The number of carbonyl (C=O) groups is 12. The SMILES string of the molecule is CC[C@H](C)[C@@H]1NC(=O)[C@H](CC(C)C)N(C)C(=O)C[C@@H](C(=O)N2CCCCC2)N(C)C(=O)[C@H](C2CCCC2)N(C)C(=O)C2(CCCC2)NC(=O)[C@@H]2CCCN2C(=O)[C@H](CCC2CCC3C(CCN3C)C2)NC(=O)CN(C)C(=O)[C@H](CC2CCCCC2)N(C)C(=O)[C@@H]2CCN2C(=O)[C@H](C)N(C)C1=O. The highest BCUT2D eigenvalue weighted by molar-refractivity contribution is 6.01. The monoisotopic (exact) mass is 1410 g/mol. The lowest BCUT2D eigenvalue weighted by atomic mass is 9.76. The summed E-state index contributed by atoms with van der Waals surface area (Å²) in [5.74, 6) is -6.04. The van der Waals surface area contributed by atoms with Crippen LogP contribution in [-0.4, -0.2) is 274 Å². The maximum Gasteiger partial charge on any atom is 0.248 e. The molecule has 4 saturated carbocycles. The van der Waals surface area contributed by atoms with Crippen LogP contribution in [0.1, 0.15) is 221 Å². The summed E-state index contributed by atoms with van der Waals surface area (Å²) in [5.41, 5.74) is -1.45. The quantitative estimate of drug-likeness (QED) is 0.242. The molecule has 9 aliphatic rings. The smallest absolute Gasteiger partial charge is 0.248 e. The van der Waals surface area contributed by atoms with E-state index in [1.54, 1.807) is 30.8 Å². The first kappa shape index (κ1) is 78.7. The minimum atomic E-state index is -1.45. The van der Waals surface area contributed by atoms with Crippen LogP contribution < -0.4 is 16.0 Å². The molecule has 0 aromatic heterocycles. The lowest BCUT2D eigenvalue weighted by Crippen LogP contribution is -2.65. The van der Waals surface area contributed by atoms with Crippen molar-refractivity contribution < 1.29 is 57.5 Å². The van der Waals surface area contributed by atoms with Gasteiger partial charge in [0, 0.05) is 74.5 Å². The first-order chi connectivity index (χ1) is 48.1. The van der Waals surface area contributed by atoms with Crippen LogP contribution in [-0.2, 0) is 57.5 Å². The van der Waals surface area contributed by atoms with E-state index >= 15 is 38.4 Å². The van der Waals surface area contributed by atoms with Crippen molar-refractivity contribution in [3.8, 4) is 0 Å². The summed E-state index contributed by atoms with van der Waals surface area (Å²) in [4.78, 5) is 197. The minimum absolute atomic E-state index is 0.114. The Balaban J connectivity index is 1.07. The maximum absolute atomic E-state index is 15.8. The molecule has 25 heteroatoms. The number of likely N-dealkylation sites (tertiary alicyclic amines) is 2. The summed E-state index contributed by atoms with van der Waals surface area (Å²) in [6, 6.07) is -9.31. The van der Waals surface area contributed by atoms with Crippen LogP contribution in [0.15, 0.2) is 0 Å². The van der Waals surface area contributed by atoms with Gasteiger partial charge in [-0.3, -0.25) is 57.5 Å². The molecule has 12 amide bonds. The van der Waals surface area contributed by atoms with E-state index in [-0.39, 0.29) is 50.1 Å². The molecule has 5 heterocycles. The second-order valence-corrected chi connectivity index (χ2v) is 32.8. The predicted molar refractivity (Wildman–Crippen MR) is 382 cm³/mol. The Labute approximate surface area is 601 Å². The highest BCUT2D eigenvalue weighted by Crippen LogP contribution is 2.42.